The van der Waals surface area contributed by atoms with Crippen molar-refractivity contribution in [3.63, 3.8) is 0 Å². The Balaban J connectivity index is 1.64. The highest BCUT2D eigenvalue weighted by molar-refractivity contribution is 5.42. The first-order valence-corrected chi connectivity index (χ1v) is 7.95. The minimum atomic E-state index is 0.631. The molecule has 0 amide bonds. The number of hydrogen-bond acceptors (Lipinski definition) is 4. The van der Waals surface area contributed by atoms with E-state index in [1.54, 1.807) is 13.2 Å². The first kappa shape index (κ1) is 15.6. The van der Waals surface area contributed by atoms with Crippen LogP contribution in [0.15, 0.2) is 30.6 Å². The summed E-state index contributed by atoms with van der Waals surface area (Å²) in [7, 11) is 3.80. The van der Waals surface area contributed by atoms with E-state index in [-0.39, 0.29) is 0 Å². The number of ether oxygens (including phenoxy) is 1. The minimum absolute atomic E-state index is 0.631. The van der Waals surface area contributed by atoms with E-state index in [9.17, 15) is 0 Å². The molecule has 1 atom stereocenters. The van der Waals surface area contributed by atoms with Gasteiger partial charge in [-0.05, 0) is 37.6 Å². The SMILES string of the molecule is COc1ccc(C#N)cc1CN(C)CC1CCc2nccn2C1. The average molecular weight is 310 g/mol. The Labute approximate surface area is 137 Å². The Hall–Kier alpha value is -2.32. The lowest BCUT2D eigenvalue weighted by atomic mass is 9.98. The van der Waals surface area contributed by atoms with Crippen molar-refractivity contribution in [1.82, 2.24) is 14.5 Å². The summed E-state index contributed by atoms with van der Waals surface area (Å²) in [6.45, 7) is 2.85. The molecule has 0 bridgehead atoms. The number of methoxy groups -OCH3 is 1. The first-order valence-electron chi connectivity index (χ1n) is 7.95. The van der Waals surface area contributed by atoms with Crippen LogP contribution in [0.2, 0.25) is 0 Å². The second-order valence-corrected chi connectivity index (χ2v) is 6.24. The molecule has 5 heteroatoms. The van der Waals surface area contributed by atoms with Crippen molar-refractivity contribution in [3.8, 4) is 11.8 Å². The molecule has 23 heavy (non-hydrogen) atoms. The van der Waals surface area contributed by atoms with E-state index < -0.39 is 0 Å². The summed E-state index contributed by atoms with van der Waals surface area (Å²) >= 11 is 0. The van der Waals surface area contributed by atoms with Crippen LogP contribution >= 0.6 is 0 Å². The van der Waals surface area contributed by atoms with Crippen LogP contribution in [0.3, 0.4) is 0 Å². The Bertz CT molecular complexity index is 716. The van der Waals surface area contributed by atoms with Gasteiger partial charge in [0.2, 0.25) is 0 Å². The molecule has 1 aliphatic heterocycles. The van der Waals surface area contributed by atoms with Crippen molar-refractivity contribution >= 4 is 0 Å². The molecule has 0 saturated carbocycles. The maximum Gasteiger partial charge on any atom is 0.123 e. The Morgan fingerprint density at radius 3 is 3.13 bits per heavy atom. The molecule has 0 saturated heterocycles. The highest BCUT2D eigenvalue weighted by Gasteiger charge is 2.20. The molecule has 0 spiro atoms. The van der Waals surface area contributed by atoms with Crippen LogP contribution in [0.5, 0.6) is 5.75 Å². The number of benzene rings is 1. The fourth-order valence-electron chi connectivity index (χ4n) is 3.35. The zero-order valence-electron chi connectivity index (χ0n) is 13.7. The van der Waals surface area contributed by atoms with E-state index in [1.165, 1.54) is 12.2 Å². The number of aryl methyl sites for hydroxylation is 1. The molecule has 1 unspecified atom stereocenters. The zero-order chi connectivity index (χ0) is 16.2. The van der Waals surface area contributed by atoms with E-state index in [2.05, 4.69) is 33.8 Å². The molecule has 1 aromatic heterocycles. The zero-order valence-corrected chi connectivity index (χ0v) is 13.7. The molecule has 2 aromatic rings. The quantitative estimate of drug-likeness (QED) is 0.851. The first-order chi connectivity index (χ1) is 11.2. The summed E-state index contributed by atoms with van der Waals surface area (Å²) < 4.78 is 7.69. The molecule has 0 aliphatic carbocycles. The number of nitrogens with zero attached hydrogens (tertiary/aromatic N) is 4. The van der Waals surface area contributed by atoms with Gasteiger partial charge in [-0.15, -0.1) is 0 Å². The standard InChI is InChI=1S/C18H22N4O/c1-21(11-15-4-6-18-20-7-8-22(18)12-15)13-16-9-14(10-19)3-5-17(16)23-2/h3,5,7-9,15H,4,6,11-13H2,1-2H3. The van der Waals surface area contributed by atoms with Gasteiger partial charge < -0.3 is 14.2 Å². The van der Waals surface area contributed by atoms with E-state index >= 15 is 0 Å². The van der Waals surface area contributed by atoms with Gasteiger partial charge in [0.15, 0.2) is 0 Å². The lowest BCUT2D eigenvalue weighted by Crippen LogP contribution is -2.31. The van der Waals surface area contributed by atoms with Gasteiger partial charge in [-0.2, -0.15) is 5.26 Å². The monoisotopic (exact) mass is 310 g/mol. The maximum absolute atomic E-state index is 9.08. The van der Waals surface area contributed by atoms with Crippen LogP contribution in [0.4, 0.5) is 0 Å². The maximum atomic E-state index is 9.08. The fraction of sp³-hybridized carbons (Fsp3) is 0.444. The Kier molecular flexibility index (Phi) is 4.63. The van der Waals surface area contributed by atoms with Crippen LogP contribution in [-0.4, -0.2) is 35.2 Å². The van der Waals surface area contributed by atoms with Crippen LogP contribution < -0.4 is 4.74 Å². The van der Waals surface area contributed by atoms with Gasteiger partial charge in [-0.25, -0.2) is 4.98 Å². The van der Waals surface area contributed by atoms with Gasteiger partial charge in [-0.1, -0.05) is 0 Å². The Morgan fingerprint density at radius 1 is 1.48 bits per heavy atom. The highest BCUT2D eigenvalue weighted by atomic mass is 16.5. The van der Waals surface area contributed by atoms with Gasteiger partial charge in [-0.3, -0.25) is 0 Å². The van der Waals surface area contributed by atoms with Gasteiger partial charge in [0.25, 0.3) is 0 Å². The van der Waals surface area contributed by atoms with Crippen molar-refractivity contribution in [2.75, 3.05) is 20.7 Å². The summed E-state index contributed by atoms with van der Waals surface area (Å²) in [6.07, 6.45) is 6.19. The third-order valence-corrected chi connectivity index (χ3v) is 4.45. The van der Waals surface area contributed by atoms with Crippen LogP contribution in [0.25, 0.3) is 0 Å². The lowest BCUT2D eigenvalue weighted by Gasteiger charge is -2.28. The van der Waals surface area contributed by atoms with Crippen molar-refractivity contribution in [1.29, 1.82) is 5.26 Å². The number of fused-ring (bicyclic) bond motifs is 1. The summed E-state index contributed by atoms with van der Waals surface area (Å²) in [4.78, 5) is 6.69. The topological polar surface area (TPSA) is 54.1 Å². The molecule has 120 valence electrons. The summed E-state index contributed by atoms with van der Waals surface area (Å²) in [6, 6.07) is 7.79. The number of nitriles is 1. The van der Waals surface area contributed by atoms with E-state index in [4.69, 9.17) is 10.00 Å². The van der Waals surface area contributed by atoms with Crippen LogP contribution in [0.1, 0.15) is 23.4 Å². The second kappa shape index (κ2) is 6.84. The molecule has 3 rings (SSSR count). The summed E-state index contributed by atoms with van der Waals surface area (Å²) in [5.74, 6) is 2.68. The molecule has 0 N–H and O–H groups in total. The minimum Gasteiger partial charge on any atom is -0.496 e. The summed E-state index contributed by atoms with van der Waals surface area (Å²) in [5, 5.41) is 9.08. The predicted octanol–water partition coefficient (Wildman–Crippen LogP) is 2.46. The van der Waals surface area contributed by atoms with Crippen LogP contribution in [0, 0.1) is 17.2 Å². The van der Waals surface area contributed by atoms with Crippen molar-refractivity contribution < 1.29 is 4.74 Å². The largest absolute Gasteiger partial charge is 0.496 e. The molecule has 1 aromatic carbocycles. The van der Waals surface area contributed by atoms with Gasteiger partial charge in [0.05, 0.1) is 18.7 Å². The smallest absolute Gasteiger partial charge is 0.123 e. The van der Waals surface area contributed by atoms with Gasteiger partial charge in [0.1, 0.15) is 11.6 Å². The van der Waals surface area contributed by atoms with Gasteiger partial charge >= 0.3 is 0 Å². The number of aromatic nitrogens is 2. The van der Waals surface area contributed by atoms with Crippen molar-refractivity contribution in [3.05, 3.63) is 47.5 Å². The van der Waals surface area contributed by atoms with Crippen molar-refractivity contribution in [2.24, 2.45) is 5.92 Å². The molecule has 5 nitrogen and oxygen atoms in total. The molecule has 1 aliphatic rings. The number of rotatable bonds is 5. The third-order valence-electron chi connectivity index (χ3n) is 4.45. The highest BCUT2D eigenvalue weighted by Crippen LogP contribution is 2.23. The summed E-state index contributed by atoms with van der Waals surface area (Å²) in [5.41, 5.74) is 1.74. The average Bonchev–Trinajstić information content (AvgIpc) is 3.02. The fourth-order valence-corrected chi connectivity index (χ4v) is 3.35. The predicted molar refractivity (Wildman–Crippen MR) is 88.1 cm³/mol. The normalized spacial score (nSPS) is 16.9. The van der Waals surface area contributed by atoms with E-state index in [1.807, 2.05) is 18.3 Å². The van der Waals surface area contributed by atoms with E-state index in [0.717, 1.165) is 37.4 Å². The molecule has 0 radical (unpaired) electrons. The Morgan fingerprint density at radius 2 is 2.35 bits per heavy atom. The third kappa shape index (κ3) is 3.54. The lowest BCUT2D eigenvalue weighted by molar-refractivity contribution is 0.227. The van der Waals surface area contributed by atoms with E-state index in [0.29, 0.717) is 11.5 Å². The van der Waals surface area contributed by atoms with Crippen molar-refractivity contribution in [2.45, 2.75) is 25.9 Å². The molecular weight excluding hydrogens is 288 g/mol. The molecular formula is C18H22N4O. The van der Waals surface area contributed by atoms with Crippen LogP contribution in [-0.2, 0) is 19.5 Å². The van der Waals surface area contributed by atoms with Gasteiger partial charge in [0, 0.05) is 44.0 Å². The number of hydrogen-bond donors (Lipinski definition) is 0. The number of imidazole rings is 1. The second-order valence-electron chi connectivity index (χ2n) is 6.24. The molecule has 2 heterocycles. The molecule has 0 fully saturated rings.